The molecule has 0 aliphatic carbocycles. The van der Waals surface area contributed by atoms with Gasteiger partial charge in [0.15, 0.2) is 0 Å². The van der Waals surface area contributed by atoms with Gasteiger partial charge in [0.25, 0.3) is 0 Å². The number of hydrogen-bond acceptors (Lipinski definition) is 3. The van der Waals surface area contributed by atoms with Gasteiger partial charge in [-0.2, -0.15) is 11.8 Å². The van der Waals surface area contributed by atoms with Crippen molar-refractivity contribution in [3.63, 3.8) is 0 Å². The van der Waals surface area contributed by atoms with E-state index in [1.54, 1.807) is 0 Å². The van der Waals surface area contributed by atoms with Crippen LogP contribution in [0, 0.1) is 0 Å². The van der Waals surface area contributed by atoms with Crippen LogP contribution in [0.15, 0.2) is 30.5 Å². The van der Waals surface area contributed by atoms with Gasteiger partial charge in [-0.05, 0) is 41.3 Å². The van der Waals surface area contributed by atoms with Gasteiger partial charge in [0.2, 0.25) is 0 Å². The smallest absolute Gasteiger partial charge is 0.0454 e. The highest BCUT2D eigenvalue weighted by molar-refractivity contribution is 7.99. The van der Waals surface area contributed by atoms with Gasteiger partial charge >= 0.3 is 0 Å². The second-order valence-corrected chi connectivity index (χ2v) is 5.49. The number of hydrogen-bond donors (Lipinski definition) is 3. The van der Waals surface area contributed by atoms with Crippen molar-refractivity contribution >= 4 is 22.7 Å². The minimum Gasteiger partial charge on any atom is -0.396 e. The Morgan fingerprint density at radius 2 is 2.17 bits per heavy atom. The summed E-state index contributed by atoms with van der Waals surface area (Å²) in [7, 11) is 0. The van der Waals surface area contributed by atoms with Crippen molar-refractivity contribution in [3.8, 4) is 0 Å². The first-order chi connectivity index (χ1) is 8.90. The minimum absolute atomic E-state index is 0.303. The Morgan fingerprint density at radius 1 is 1.22 bits per heavy atom. The molecule has 3 nitrogen and oxygen atoms in total. The van der Waals surface area contributed by atoms with E-state index in [4.69, 9.17) is 5.11 Å². The predicted molar refractivity (Wildman–Crippen MR) is 79.0 cm³/mol. The maximum atomic E-state index is 8.65. The lowest BCUT2D eigenvalue weighted by Crippen LogP contribution is -2.16. The zero-order valence-corrected chi connectivity index (χ0v) is 11.3. The predicted octanol–water partition coefficient (Wildman–Crippen LogP) is 2.37. The van der Waals surface area contributed by atoms with E-state index in [0.29, 0.717) is 6.61 Å². The van der Waals surface area contributed by atoms with Crippen molar-refractivity contribution in [1.29, 1.82) is 0 Å². The van der Waals surface area contributed by atoms with Gasteiger partial charge in [-0.1, -0.05) is 6.07 Å². The SMILES string of the molecule is OCCCSCCNCc1ccc2[nH]ccc2c1. The van der Waals surface area contributed by atoms with E-state index < -0.39 is 0 Å². The molecular formula is C14H20N2OS. The molecule has 98 valence electrons. The van der Waals surface area contributed by atoms with Crippen LogP contribution in [0.5, 0.6) is 0 Å². The Bertz CT molecular complexity index is 470. The highest BCUT2D eigenvalue weighted by Gasteiger charge is 1.97. The number of H-pyrrole nitrogens is 1. The Labute approximate surface area is 112 Å². The molecule has 0 radical (unpaired) electrons. The maximum Gasteiger partial charge on any atom is 0.0454 e. The Morgan fingerprint density at radius 3 is 3.06 bits per heavy atom. The number of rotatable bonds is 8. The average Bonchev–Trinajstić information content (AvgIpc) is 2.85. The molecule has 0 saturated carbocycles. The Hall–Kier alpha value is -0.970. The van der Waals surface area contributed by atoms with E-state index >= 15 is 0 Å². The van der Waals surface area contributed by atoms with E-state index in [1.165, 1.54) is 16.5 Å². The van der Waals surface area contributed by atoms with Crippen LogP contribution in [0.4, 0.5) is 0 Å². The van der Waals surface area contributed by atoms with Crippen molar-refractivity contribution < 1.29 is 5.11 Å². The Kier molecular flexibility index (Phi) is 5.58. The van der Waals surface area contributed by atoms with E-state index in [-0.39, 0.29) is 0 Å². The van der Waals surface area contributed by atoms with Gasteiger partial charge in [-0.25, -0.2) is 0 Å². The fourth-order valence-corrected chi connectivity index (χ4v) is 2.68. The molecule has 2 rings (SSSR count). The van der Waals surface area contributed by atoms with Crippen LogP contribution in [-0.4, -0.2) is 34.7 Å². The standard InChI is InChI=1S/C14H20N2OS/c17-7-1-8-18-9-6-15-11-12-2-3-14-13(10-12)4-5-16-14/h2-5,10,15-17H,1,6-9,11H2. The molecule has 1 aromatic carbocycles. The van der Waals surface area contributed by atoms with Gasteiger partial charge in [-0.3, -0.25) is 0 Å². The van der Waals surface area contributed by atoms with E-state index in [9.17, 15) is 0 Å². The summed E-state index contributed by atoms with van der Waals surface area (Å²) in [4.78, 5) is 3.20. The minimum atomic E-state index is 0.303. The van der Waals surface area contributed by atoms with Crippen LogP contribution in [0.3, 0.4) is 0 Å². The molecule has 4 heteroatoms. The molecule has 0 saturated heterocycles. The second kappa shape index (κ2) is 7.46. The van der Waals surface area contributed by atoms with Gasteiger partial charge in [0.05, 0.1) is 0 Å². The van der Waals surface area contributed by atoms with Crippen LogP contribution >= 0.6 is 11.8 Å². The first kappa shape index (κ1) is 13.5. The van der Waals surface area contributed by atoms with Crippen LogP contribution in [-0.2, 0) is 6.54 Å². The van der Waals surface area contributed by atoms with Gasteiger partial charge < -0.3 is 15.4 Å². The third kappa shape index (κ3) is 4.05. The quantitative estimate of drug-likeness (QED) is 0.642. The summed E-state index contributed by atoms with van der Waals surface area (Å²) < 4.78 is 0. The molecule has 0 spiro atoms. The van der Waals surface area contributed by atoms with Crippen molar-refractivity contribution in [2.75, 3.05) is 24.7 Å². The van der Waals surface area contributed by atoms with E-state index in [1.807, 2.05) is 18.0 Å². The second-order valence-electron chi connectivity index (χ2n) is 4.27. The summed E-state index contributed by atoms with van der Waals surface area (Å²) in [5, 5.41) is 13.4. The molecule has 0 amide bonds. The first-order valence-corrected chi connectivity index (χ1v) is 7.51. The first-order valence-electron chi connectivity index (χ1n) is 6.35. The maximum absolute atomic E-state index is 8.65. The number of aromatic nitrogens is 1. The number of nitrogens with one attached hydrogen (secondary N) is 2. The number of thioether (sulfide) groups is 1. The van der Waals surface area contributed by atoms with Gasteiger partial charge in [-0.15, -0.1) is 0 Å². The van der Waals surface area contributed by atoms with Crippen molar-refractivity contribution in [2.24, 2.45) is 0 Å². The monoisotopic (exact) mass is 264 g/mol. The van der Waals surface area contributed by atoms with Crippen LogP contribution in [0.1, 0.15) is 12.0 Å². The summed E-state index contributed by atoms with van der Waals surface area (Å²) in [6.45, 7) is 2.24. The molecule has 1 aromatic heterocycles. The average molecular weight is 264 g/mol. The largest absolute Gasteiger partial charge is 0.396 e. The van der Waals surface area contributed by atoms with Crippen LogP contribution in [0.25, 0.3) is 10.9 Å². The zero-order chi connectivity index (χ0) is 12.6. The lowest BCUT2D eigenvalue weighted by atomic mass is 10.1. The van der Waals surface area contributed by atoms with Crippen LogP contribution < -0.4 is 5.32 Å². The fraction of sp³-hybridized carbons (Fsp3) is 0.429. The highest BCUT2D eigenvalue weighted by atomic mass is 32.2. The van der Waals surface area contributed by atoms with Gasteiger partial charge in [0.1, 0.15) is 0 Å². The lowest BCUT2D eigenvalue weighted by Gasteiger charge is -2.05. The lowest BCUT2D eigenvalue weighted by molar-refractivity contribution is 0.296. The zero-order valence-electron chi connectivity index (χ0n) is 10.5. The molecular weight excluding hydrogens is 244 g/mol. The van der Waals surface area contributed by atoms with Crippen molar-refractivity contribution in [2.45, 2.75) is 13.0 Å². The Balaban J connectivity index is 1.67. The van der Waals surface area contributed by atoms with Crippen molar-refractivity contribution in [3.05, 3.63) is 36.0 Å². The van der Waals surface area contributed by atoms with E-state index in [2.05, 4.69) is 34.6 Å². The highest BCUT2D eigenvalue weighted by Crippen LogP contribution is 2.14. The normalized spacial score (nSPS) is 11.2. The van der Waals surface area contributed by atoms with Crippen LogP contribution in [0.2, 0.25) is 0 Å². The molecule has 0 aliphatic rings. The summed E-state index contributed by atoms with van der Waals surface area (Å²) in [6, 6.07) is 8.61. The number of fused-ring (bicyclic) bond motifs is 1. The number of aliphatic hydroxyl groups is 1. The summed E-state index contributed by atoms with van der Waals surface area (Å²) >= 11 is 1.89. The van der Waals surface area contributed by atoms with Crippen molar-refractivity contribution in [1.82, 2.24) is 10.3 Å². The topological polar surface area (TPSA) is 48.0 Å². The fourth-order valence-electron chi connectivity index (χ4n) is 1.86. The molecule has 3 N–H and O–H groups in total. The molecule has 18 heavy (non-hydrogen) atoms. The molecule has 0 unspecified atom stereocenters. The third-order valence-electron chi connectivity index (χ3n) is 2.82. The summed E-state index contributed by atoms with van der Waals surface area (Å²) in [5.41, 5.74) is 2.51. The summed E-state index contributed by atoms with van der Waals surface area (Å²) in [5.74, 6) is 2.15. The number of benzene rings is 1. The van der Waals surface area contributed by atoms with Gasteiger partial charge in [0, 0.05) is 37.2 Å². The summed E-state index contributed by atoms with van der Waals surface area (Å²) in [6.07, 6.45) is 2.87. The molecule has 1 heterocycles. The molecule has 0 atom stereocenters. The third-order valence-corrected chi connectivity index (χ3v) is 3.89. The number of aliphatic hydroxyl groups excluding tert-OH is 1. The molecule has 0 bridgehead atoms. The molecule has 2 aromatic rings. The van der Waals surface area contributed by atoms with E-state index in [0.717, 1.165) is 31.0 Å². The molecule has 0 fully saturated rings. The molecule has 0 aliphatic heterocycles. The number of aromatic amines is 1.